The Morgan fingerprint density at radius 2 is 1.78 bits per heavy atom. The SMILES string of the molecule is COC(=O)CCn1c(C)cc(C(=O)COC(=O)C[C@](O)(c2ccc(C)o2)C(F)(F)F)c1C. The molecule has 176 valence electrons. The van der Waals surface area contributed by atoms with Crippen LogP contribution in [0.1, 0.15) is 46.1 Å². The summed E-state index contributed by atoms with van der Waals surface area (Å²) in [6, 6.07) is 3.67. The van der Waals surface area contributed by atoms with E-state index in [4.69, 9.17) is 9.15 Å². The third-order valence-corrected chi connectivity index (χ3v) is 5.02. The fourth-order valence-electron chi connectivity index (χ4n) is 3.20. The van der Waals surface area contributed by atoms with E-state index in [-0.39, 0.29) is 24.3 Å². The molecular formula is C21H24F3NO7. The summed E-state index contributed by atoms with van der Waals surface area (Å²) >= 11 is 0. The van der Waals surface area contributed by atoms with Crippen LogP contribution in [0.2, 0.25) is 0 Å². The van der Waals surface area contributed by atoms with Crippen molar-refractivity contribution in [2.45, 2.75) is 51.9 Å². The maximum absolute atomic E-state index is 13.5. The van der Waals surface area contributed by atoms with E-state index in [1.54, 1.807) is 18.4 Å². The van der Waals surface area contributed by atoms with E-state index in [1.165, 1.54) is 26.2 Å². The minimum atomic E-state index is -5.22. The van der Waals surface area contributed by atoms with Crippen LogP contribution in [0, 0.1) is 20.8 Å². The molecule has 32 heavy (non-hydrogen) atoms. The summed E-state index contributed by atoms with van der Waals surface area (Å²) in [5.74, 6) is -3.22. The number of ketones is 1. The van der Waals surface area contributed by atoms with Gasteiger partial charge >= 0.3 is 18.1 Å². The third-order valence-electron chi connectivity index (χ3n) is 5.02. The first kappa shape index (κ1) is 25.2. The number of hydrogen-bond acceptors (Lipinski definition) is 7. The zero-order valence-electron chi connectivity index (χ0n) is 18.0. The molecule has 2 heterocycles. The Kier molecular flexibility index (Phi) is 7.55. The second kappa shape index (κ2) is 9.60. The summed E-state index contributed by atoms with van der Waals surface area (Å²) < 4.78 is 56.3. The van der Waals surface area contributed by atoms with Gasteiger partial charge in [-0.05, 0) is 39.0 Å². The van der Waals surface area contributed by atoms with E-state index >= 15 is 0 Å². The predicted molar refractivity (Wildman–Crippen MR) is 104 cm³/mol. The van der Waals surface area contributed by atoms with Gasteiger partial charge in [-0.2, -0.15) is 13.2 Å². The predicted octanol–water partition coefficient (Wildman–Crippen LogP) is 3.14. The van der Waals surface area contributed by atoms with Crippen LogP contribution in [0.25, 0.3) is 0 Å². The smallest absolute Gasteiger partial charge is 0.425 e. The Balaban J connectivity index is 2.08. The lowest BCUT2D eigenvalue weighted by Gasteiger charge is -2.27. The number of halogens is 3. The van der Waals surface area contributed by atoms with Crippen molar-refractivity contribution in [1.29, 1.82) is 0 Å². The molecule has 0 aromatic carbocycles. The molecule has 0 bridgehead atoms. The molecule has 11 heteroatoms. The van der Waals surface area contributed by atoms with Gasteiger partial charge in [0.1, 0.15) is 11.5 Å². The quantitative estimate of drug-likeness (QED) is 0.453. The molecule has 0 saturated carbocycles. The highest BCUT2D eigenvalue weighted by Crippen LogP contribution is 2.42. The fourth-order valence-corrected chi connectivity index (χ4v) is 3.20. The highest BCUT2D eigenvalue weighted by molar-refractivity contribution is 5.99. The molecular weight excluding hydrogens is 435 g/mol. The van der Waals surface area contributed by atoms with E-state index in [1.807, 2.05) is 0 Å². The van der Waals surface area contributed by atoms with E-state index in [0.717, 1.165) is 6.07 Å². The number of ether oxygens (including phenoxy) is 2. The first-order chi connectivity index (χ1) is 14.8. The molecule has 0 spiro atoms. The summed E-state index contributed by atoms with van der Waals surface area (Å²) in [6.07, 6.45) is -6.61. The molecule has 2 rings (SSSR count). The van der Waals surface area contributed by atoms with Crippen LogP contribution in [0.5, 0.6) is 0 Å². The second-order valence-corrected chi connectivity index (χ2v) is 7.29. The molecule has 0 aliphatic rings. The molecule has 2 aromatic rings. The molecule has 0 saturated heterocycles. The van der Waals surface area contributed by atoms with Crippen molar-refractivity contribution >= 4 is 17.7 Å². The van der Waals surface area contributed by atoms with Crippen molar-refractivity contribution in [1.82, 2.24) is 4.57 Å². The zero-order chi connectivity index (χ0) is 24.3. The highest BCUT2D eigenvalue weighted by atomic mass is 19.4. The number of aromatic nitrogens is 1. The number of nitrogens with zero attached hydrogens (tertiary/aromatic N) is 1. The van der Waals surface area contributed by atoms with Crippen LogP contribution < -0.4 is 0 Å². The maximum Gasteiger partial charge on any atom is 0.425 e. The molecule has 0 aliphatic carbocycles. The van der Waals surface area contributed by atoms with Crippen LogP contribution in [0.15, 0.2) is 22.6 Å². The van der Waals surface area contributed by atoms with Crippen LogP contribution in [-0.4, -0.2) is 47.3 Å². The Hall–Kier alpha value is -3.08. The number of Topliss-reactive ketones (excluding diaryl/α,β-unsaturated/α-hetero) is 1. The summed E-state index contributed by atoms with van der Waals surface area (Å²) in [6.45, 7) is 4.17. The molecule has 0 amide bonds. The average Bonchev–Trinajstić information content (AvgIpc) is 3.26. The van der Waals surface area contributed by atoms with Crippen molar-refractivity contribution < 1.29 is 46.6 Å². The van der Waals surface area contributed by atoms with Gasteiger partial charge in [0, 0.05) is 23.5 Å². The maximum atomic E-state index is 13.5. The summed E-state index contributed by atoms with van der Waals surface area (Å²) in [5.41, 5.74) is -2.22. The zero-order valence-corrected chi connectivity index (χ0v) is 18.0. The number of hydrogen-bond donors (Lipinski definition) is 1. The van der Waals surface area contributed by atoms with Gasteiger partial charge in [-0.1, -0.05) is 0 Å². The lowest BCUT2D eigenvalue weighted by atomic mass is 9.96. The van der Waals surface area contributed by atoms with Crippen LogP contribution in [0.4, 0.5) is 13.2 Å². The highest BCUT2D eigenvalue weighted by Gasteiger charge is 2.58. The molecule has 0 fully saturated rings. The Labute approximate surface area is 181 Å². The van der Waals surface area contributed by atoms with Crippen molar-refractivity contribution in [3.05, 3.63) is 46.7 Å². The first-order valence-corrected chi connectivity index (χ1v) is 9.58. The molecule has 0 radical (unpaired) electrons. The molecule has 0 aliphatic heterocycles. The van der Waals surface area contributed by atoms with E-state index in [0.29, 0.717) is 11.4 Å². The minimum absolute atomic E-state index is 0.0811. The normalized spacial score (nSPS) is 13.5. The molecule has 8 nitrogen and oxygen atoms in total. The van der Waals surface area contributed by atoms with Crippen molar-refractivity contribution in [3.8, 4) is 0 Å². The van der Waals surface area contributed by atoms with Gasteiger partial charge in [0.05, 0.1) is 20.0 Å². The van der Waals surface area contributed by atoms with Crippen molar-refractivity contribution in [3.63, 3.8) is 0 Å². The second-order valence-electron chi connectivity index (χ2n) is 7.29. The van der Waals surface area contributed by atoms with Gasteiger partial charge in [0.25, 0.3) is 0 Å². The summed E-state index contributed by atoms with van der Waals surface area (Å²) in [5, 5.41) is 10.1. The molecule has 1 N–H and O–H groups in total. The van der Waals surface area contributed by atoms with Gasteiger partial charge < -0.3 is 23.6 Å². The van der Waals surface area contributed by atoms with E-state index in [2.05, 4.69) is 4.74 Å². The number of carbonyl (C=O) groups excluding carboxylic acids is 3. The lowest BCUT2D eigenvalue weighted by molar-refractivity contribution is -0.275. The van der Waals surface area contributed by atoms with E-state index in [9.17, 15) is 32.7 Å². The fraction of sp³-hybridized carbons (Fsp3) is 0.476. The number of carbonyl (C=O) groups is 3. The molecule has 2 aromatic heterocycles. The number of esters is 2. The number of methoxy groups -OCH3 is 1. The monoisotopic (exact) mass is 459 g/mol. The van der Waals surface area contributed by atoms with Crippen LogP contribution in [-0.2, 0) is 31.2 Å². The van der Waals surface area contributed by atoms with Gasteiger partial charge in [0.15, 0.2) is 6.61 Å². The lowest BCUT2D eigenvalue weighted by Crippen LogP contribution is -2.44. The Bertz CT molecular complexity index is 1010. The standard InChI is InChI=1S/C21H24F3NO7/c1-12-9-15(14(3)25(12)8-7-18(27)30-4)16(26)11-31-19(28)10-20(29,21(22,23)24)17-6-5-13(2)32-17/h5-6,9,29H,7-8,10-11H2,1-4H3/t20-/m0/s1. The Morgan fingerprint density at radius 1 is 1.12 bits per heavy atom. The topological polar surface area (TPSA) is 108 Å². The first-order valence-electron chi connectivity index (χ1n) is 9.58. The van der Waals surface area contributed by atoms with E-state index < -0.39 is 48.3 Å². The van der Waals surface area contributed by atoms with Crippen molar-refractivity contribution in [2.75, 3.05) is 13.7 Å². The number of furan rings is 1. The number of rotatable bonds is 9. The van der Waals surface area contributed by atoms with Gasteiger partial charge in [-0.25, -0.2) is 0 Å². The summed E-state index contributed by atoms with van der Waals surface area (Å²) in [7, 11) is 1.26. The number of aryl methyl sites for hydroxylation is 2. The van der Waals surface area contributed by atoms with Crippen LogP contribution >= 0.6 is 0 Å². The van der Waals surface area contributed by atoms with Gasteiger partial charge in [-0.3, -0.25) is 14.4 Å². The third kappa shape index (κ3) is 5.39. The minimum Gasteiger partial charge on any atom is -0.469 e. The molecule has 1 atom stereocenters. The van der Waals surface area contributed by atoms with Gasteiger partial charge in [0.2, 0.25) is 11.4 Å². The van der Waals surface area contributed by atoms with Crippen LogP contribution in [0.3, 0.4) is 0 Å². The summed E-state index contributed by atoms with van der Waals surface area (Å²) in [4.78, 5) is 35.9. The van der Waals surface area contributed by atoms with Crippen molar-refractivity contribution in [2.24, 2.45) is 0 Å². The Morgan fingerprint density at radius 3 is 2.31 bits per heavy atom. The largest absolute Gasteiger partial charge is 0.469 e. The average molecular weight is 459 g/mol. The van der Waals surface area contributed by atoms with Gasteiger partial charge in [-0.15, -0.1) is 0 Å². The number of aliphatic hydroxyl groups is 1. The number of alkyl halides is 3. The molecule has 0 unspecified atom stereocenters.